The smallest absolute Gasteiger partial charge is 1.00 e. The number of halogens is 3. The molecule has 0 aromatic heterocycles. The van der Waals surface area contributed by atoms with Crippen LogP contribution in [0.15, 0.2) is 42.5 Å². The number of hydrogen-bond acceptors (Lipinski definition) is 1. The fraction of sp³-hybridized carbons (Fsp3) is 0. The third kappa shape index (κ3) is 4.24. The van der Waals surface area contributed by atoms with Crippen molar-refractivity contribution in [3.63, 3.8) is 0 Å². The SMILES string of the molecule is O=C(Pc1ccccc1)c1c(Cl)ccc(Cl)c1Cl.[H-].[Li+]. The van der Waals surface area contributed by atoms with Gasteiger partial charge in [-0.2, -0.15) is 0 Å². The van der Waals surface area contributed by atoms with E-state index in [4.69, 9.17) is 34.8 Å². The molecule has 0 saturated heterocycles. The van der Waals surface area contributed by atoms with Gasteiger partial charge in [-0.3, -0.25) is 4.79 Å². The molecule has 2 aromatic rings. The minimum atomic E-state index is -0.112. The Balaban J connectivity index is 0.00000180. The fourth-order valence-electron chi connectivity index (χ4n) is 1.45. The Morgan fingerprint density at radius 1 is 0.947 bits per heavy atom. The molecule has 2 aromatic carbocycles. The average molecular weight is 325 g/mol. The first-order valence-electron chi connectivity index (χ1n) is 5.09. The average Bonchev–Trinajstić information content (AvgIpc) is 2.36. The summed E-state index contributed by atoms with van der Waals surface area (Å²) in [5.41, 5.74) is 0.187. The van der Waals surface area contributed by atoms with Gasteiger partial charge in [-0.15, -0.1) is 0 Å². The van der Waals surface area contributed by atoms with Gasteiger partial charge in [0.2, 0.25) is 0 Å². The van der Waals surface area contributed by atoms with Crippen molar-refractivity contribution in [2.45, 2.75) is 0 Å². The molecule has 0 aliphatic carbocycles. The van der Waals surface area contributed by atoms with E-state index in [9.17, 15) is 4.79 Å². The van der Waals surface area contributed by atoms with Gasteiger partial charge in [-0.1, -0.05) is 65.1 Å². The zero-order valence-corrected chi connectivity index (χ0v) is 13.4. The van der Waals surface area contributed by atoms with Gasteiger partial charge >= 0.3 is 18.9 Å². The second-order valence-corrected chi connectivity index (χ2v) is 6.01. The molecule has 0 saturated carbocycles. The molecule has 0 radical (unpaired) electrons. The summed E-state index contributed by atoms with van der Waals surface area (Å²) in [6.07, 6.45) is 0. The van der Waals surface area contributed by atoms with Crippen molar-refractivity contribution in [3.8, 4) is 0 Å². The van der Waals surface area contributed by atoms with Crippen molar-refractivity contribution < 1.29 is 25.1 Å². The predicted molar refractivity (Wildman–Crippen MR) is 81.3 cm³/mol. The first kappa shape index (κ1) is 17.1. The summed E-state index contributed by atoms with van der Waals surface area (Å²) in [6.45, 7) is 0. The van der Waals surface area contributed by atoms with Gasteiger partial charge in [0.1, 0.15) is 0 Å². The summed E-state index contributed by atoms with van der Waals surface area (Å²) < 4.78 is 0. The largest absolute Gasteiger partial charge is 1.00 e. The van der Waals surface area contributed by atoms with Crippen LogP contribution in [0.2, 0.25) is 15.1 Å². The molecule has 0 heterocycles. The molecule has 1 nitrogen and oxygen atoms in total. The van der Waals surface area contributed by atoms with Gasteiger partial charge in [0.15, 0.2) is 5.52 Å². The molecule has 19 heavy (non-hydrogen) atoms. The minimum absolute atomic E-state index is 0. The van der Waals surface area contributed by atoms with Gasteiger partial charge in [0.05, 0.1) is 20.6 Å². The quantitative estimate of drug-likeness (QED) is 0.479. The molecule has 0 aliphatic rings. The summed E-state index contributed by atoms with van der Waals surface area (Å²) in [5, 5.41) is 1.83. The Kier molecular flexibility index (Phi) is 6.91. The van der Waals surface area contributed by atoms with E-state index in [0.717, 1.165) is 5.30 Å². The number of carbonyl (C=O) groups is 1. The minimum Gasteiger partial charge on any atom is -1.00 e. The zero-order valence-electron chi connectivity index (χ0n) is 11.1. The molecule has 0 aliphatic heterocycles. The van der Waals surface area contributed by atoms with E-state index in [1.54, 1.807) is 12.1 Å². The summed E-state index contributed by atoms with van der Waals surface area (Å²) in [7, 11) is -0.0216. The Hall–Kier alpha value is 0.00740. The Labute approximate surface area is 142 Å². The van der Waals surface area contributed by atoms with Crippen LogP contribution < -0.4 is 24.2 Å². The van der Waals surface area contributed by atoms with E-state index in [1.165, 1.54) is 0 Å². The van der Waals surface area contributed by atoms with E-state index in [0.29, 0.717) is 15.6 Å². The van der Waals surface area contributed by atoms with Crippen LogP contribution in [0.25, 0.3) is 0 Å². The van der Waals surface area contributed by atoms with E-state index >= 15 is 0 Å². The maximum Gasteiger partial charge on any atom is 1.00 e. The predicted octanol–water partition coefficient (Wildman–Crippen LogP) is 1.91. The second kappa shape index (κ2) is 7.70. The number of hydrogen-bond donors (Lipinski definition) is 0. The van der Waals surface area contributed by atoms with Crippen molar-refractivity contribution in [2.24, 2.45) is 0 Å². The Bertz CT molecular complexity index is 596. The van der Waals surface area contributed by atoms with Crippen LogP contribution in [0.1, 0.15) is 11.8 Å². The molecule has 0 spiro atoms. The van der Waals surface area contributed by atoms with Crippen LogP contribution in [0.5, 0.6) is 0 Å². The monoisotopic (exact) mass is 324 g/mol. The van der Waals surface area contributed by atoms with Gasteiger partial charge in [0, 0.05) is 0 Å². The van der Waals surface area contributed by atoms with E-state index < -0.39 is 0 Å². The third-order valence-corrected chi connectivity index (χ3v) is 4.52. The molecule has 0 bridgehead atoms. The molecule has 6 heteroatoms. The van der Waals surface area contributed by atoms with Gasteiger partial charge in [-0.05, 0) is 26.0 Å². The van der Waals surface area contributed by atoms with Crippen molar-refractivity contribution in [1.29, 1.82) is 0 Å². The Morgan fingerprint density at radius 2 is 1.53 bits per heavy atom. The molecule has 0 fully saturated rings. The van der Waals surface area contributed by atoms with E-state index in [-0.39, 0.29) is 39.4 Å². The summed E-state index contributed by atoms with van der Waals surface area (Å²) in [4.78, 5) is 12.2. The fourth-order valence-corrected chi connectivity index (χ4v) is 3.31. The third-order valence-electron chi connectivity index (χ3n) is 2.30. The van der Waals surface area contributed by atoms with Crippen LogP contribution in [0.3, 0.4) is 0 Å². The van der Waals surface area contributed by atoms with E-state index in [2.05, 4.69) is 0 Å². The first-order valence-corrected chi connectivity index (χ1v) is 7.23. The maximum absolute atomic E-state index is 12.2. The summed E-state index contributed by atoms with van der Waals surface area (Å²) >= 11 is 17.9. The van der Waals surface area contributed by atoms with Crippen LogP contribution >= 0.6 is 43.4 Å². The van der Waals surface area contributed by atoms with Crippen molar-refractivity contribution >= 4 is 54.2 Å². The summed E-state index contributed by atoms with van der Waals surface area (Å²) in [6, 6.07) is 12.6. The van der Waals surface area contributed by atoms with Crippen LogP contribution in [-0.4, -0.2) is 5.52 Å². The number of carbonyl (C=O) groups excluding carboxylic acids is 1. The van der Waals surface area contributed by atoms with Crippen LogP contribution in [0.4, 0.5) is 0 Å². The van der Waals surface area contributed by atoms with Crippen LogP contribution in [0, 0.1) is 0 Å². The topological polar surface area (TPSA) is 17.1 Å². The van der Waals surface area contributed by atoms with Crippen molar-refractivity contribution in [2.75, 3.05) is 0 Å². The van der Waals surface area contributed by atoms with Gasteiger partial charge in [-0.25, -0.2) is 0 Å². The van der Waals surface area contributed by atoms with E-state index in [1.807, 2.05) is 30.3 Å². The molecule has 2 rings (SSSR count). The molecule has 94 valence electrons. The molecule has 0 N–H and O–H groups in total. The van der Waals surface area contributed by atoms with Crippen molar-refractivity contribution in [3.05, 3.63) is 63.1 Å². The molecule has 1 atom stereocenters. The van der Waals surface area contributed by atoms with Crippen LogP contribution in [-0.2, 0) is 0 Å². The van der Waals surface area contributed by atoms with Crippen molar-refractivity contribution in [1.82, 2.24) is 0 Å². The molecular formula is C13H9Cl3LiOP. The normalized spacial score (nSPS) is 10.5. The standard InChI is InChI=1S/C13H8Cl3OP.Li.H/c14-9-6-7-10(15)12(16)11(9)13(17)18-8-4-2-1-3-5-8;;/h1-7,18H;;/q;+1;-1. The first-order chi connectivity index (χ1) is 8.59. The zero-order chi connectivity index (χ0) is 13.1. The molecule has 1 unspecified atom stereocenters. The number of benzene rings is 2. The Morgan fingerprint density at radius 3 is 2.16 bits per heavy atom. The molecule has 0 amide bonds. The molecular weight excluding hydrogens is 316 g/mol. The maximum atomic E-state index is 12.2. The number of rotatable bonds is 3. The van der Waals surface area contributed by atoms with Gasteiger partial charge < -0.3 is 1.43 Å². The van der Waals surface area contributed by atoms with Gasteiger partial charge in [0.25, 0.3) is 0 Å². The summed E-state index contributed by atoms with van der Waals surface area (Å²) in [5.74, 6) is 0. The second-order valence-electron chi connectivity index (χ2n) is 3.54.